The normalized spacial score (nSPS) is 14.2. The Morgan fingerprint density at radius 1 is 0.406 bits per heavy atom. The molecule has 0 fully saturated rings. The van der Waals surface area contributed by atoms with Crippen molar-refractivity contribution in [3.05, 3.63) is 0 Å². The maximum Gasteiger partial charge on any atom is 0.349 e. The van der Waals surface area contributed by atoms with Crippen LogP contribution in [0.2, 0.25) is 20.2 Å². The zero-order valence-corrected chi connectivity index (χ0v) is 26.9. The highest BCUT2D eigenvalue weighted by Gasteiger charge is 2.58. The van der Waals surface area contributed by atoms with Crippen LogP contribution in [-0.4, -0.2) is 43.5 Å². The predicted octanol–water partition coefficient (Wildman–Crippen LogP) is 8.98. The molecule has 0 heterocycles. The van der Waals surface area contributed by atoms with Crippen molar-refractivity contribution in [3.8, 4) is 0 Å². The number of rotatable bonds is 10. The Morgan fingerprint density at radius 3 is 0.781 bits per heavy atom. The molecular formula is C26H60O4Si2. The lowest BCUT2D eigenvalue weighted by molar-refractivity contribution is 0.126. The summed E-state index contributed by atoms with van der Waals surface area (Å²) < 4.78 is 24.9. The van der Waals surface area contributed by atoms with Gasteiger partial charge < -0.3 is 17.7 Å². The van der Waals surface area contributed by atoms with Crippen LogP contribution >= 0.6 is 0 Å². The van der Waals surface area contributed by atoms with Crippen molar-refractivity contribution < 1.29 is 17.7 Å². The van der Waals surface area contributed by atoms with E-state index in [1.54, 1.807) is 0 Å². The van der Waals surface area contributed by atoms with Gasteiger partial charge in [0.2, 0.25) is 0 Å². The van der Waals surface area contributed by atoms with Gasteiger partial charge in [-0.05, 0) is 26.7 Å². The molecule has 0 bridgehead atoms. The second-order valence-electron chi connectivity index (χ2n) is 12.8. The highest BCUT2D eigenvalue weighted by molar-refractivity contribution is 6.73. The largest absolute Gasteiger partial charge is 0.394 e. The van der Waals surface area contributed by atoms with Crippen LogP contribution in [0.4, 0.5) is 0 Å². The van der Waals surface area contributed by atoms with Gasteiger partial charge in [0.1, 0.15) is 0 Å². The summed E-state index contributed by atoms with van der Waals surface area (Å²) in [7, 11) is -4.44. The van der Waals surface area contributed by atoms with E-state index in [1.807, 2.05) is 0 Å². The van der Waals surface area contributed by atoms with Crippen molar-refractivity contribution in [1.82, 2.24) is 0 Å². The monoisotopic (exact) mass is 492 g/mol. The van der Waals surface area contributed by atoms with Crippen LogP contribution < -0.4 is 0 Å². The average molecular weight is 493 g/mol. The molecule has 0 aliphatic heterocycles. The lowest BCUT2D eigenvalue weighted by Gasteiger charge is -2.49. The fraction of sp³-hybridized carbons (Fsp3) is 1.00. The zero-order valence-electron chi connectivity index (χ0n) is 24.9. The Bertz CT molecular complexity index is 448. The third kappa shape index (κ3) is 8.81. The highest BCUT2D eigenvalue weighted by Crippen LogP contribution is 2.53. The van der Waals surface area contributed by atoms with Crippen LogP contribution in [0.5, 0.6) is 0 Å². The molecule has 196 valence electrons. The van der Waals surface area contributed by atoms with Crippen LogP contribution in [0.15, 0.2) is 0 Å². The minimum absolute atomic E-state index is 0.0928. The van der Waals surface area contributed by atoms with Gasteiger partial charge in [-0.25, -0.2) is 0 Å². The second-order valence-corrected chi connectivity index (χ2v) is 22.4. The minimum atomic E-state index is -2.24. The van der Waals surface area contributed by atoms with Crippen molar-refractivity contribution >= 4 is 17.1 Å². The quantitative estimate of drug-likeness (QED) is 0.285. The van der Waals surface area contributed by atoms with E-state index in [2.05, 4.69) is 111 Å². The van der Waals surface area contributed by atoms with E-state index in [9.17, 15) is 0 Å². The Hall–Kier alpha value is 0.274. The Morgan fingerprint density at radius 2 is 0.625 bits per heavy atom. The first kappa shape index (κ1) is 34.4. The molecule has 0 spiro atoms. The fourth-order valence-electron chi connectivity index (χ4n) is 4.96. The lowest BCUT2D eigenvalue weighted by atomic mass is 10.2. The SMILES string of the molecule is CCCO[Si](OCCC)(C(C)(C)C)C(C)(C)C.CCO[Si](OCC)(C(C)(C)C)C(C)(C)C. The van der Waals surface area contributed by atoms with Crippen LogP contribution in [0, 0.1) is 0 Å². The number of hydrogen-bond acceptors (Lipinski definition) is 4. The fourth-order valence-corrected chi connectivity index (χ4v) is 14.9. The lowest BCUT2D eigenvalue weighted by Crippen LogP contribution is -2.57. The van der Waals surface area contributed by atoms with E-state index >= 15 is 0 Å². The molecule has 6 heteroatoms. The summed E-state index contributed by atoms with van der Waals surface area (Å²) in [5.41, 5.74) is 0. The van der Waals surface area contributed by atoms with Crippen molar-refractivity contribution in [3.63, 3.8) is 0 Å². The Balaban J connectivity index is 0. The van der Waals surface area contributed by atoms with Gasteiger partial charge in [0.05, 0.1) is 0 Å². The molecule has 0 aliphatic carbocycles. The standard InChI is InChI=1S/C14H32O2Si.C12H28O2Si/c1-9-11-15-17(13(3,4)5,14(6,7)8)16-12-10-2;1-9-13-15(14-10-2,11(3,4)5)12(6,7)8/h9-12H2,1-8H3;9-10H2,1-8H3. The first-order chi connectivity index (χ1) is 14.2. The summed E-state index contributed by atoms with van der Waals surface area (Å²) in [6.07, 6.45) is 2.10. The van der Waals surface area contributed by atoms with Crippen LogP contribution in [0.25, 0.3) is 0 Å². The van der Waals surface area contributed by atoms with Gasteiger partial charge in [-0.3, -0.25) is 0 Å². The van der Waals surface area contributed by atoms with Crippen molar-refractivity contribution in [2.75, 3.05) is 26.4 Å². The summed E-state index contributed by atoms with van der Waals surface area (Å²) in [5, 5.41) is 0.375. The van der Waals surface area contributed by atoms with E-state index < -0.39 is 17.1 Å². The zero-order chi connectivity index (χ0) is 26.1. The van der Waals surface area contributed by atoms with E-state index in [0.717, 1.165) is 39.3 Å². The third-order valence-electron chi connectivity index (χ3n) is 5.66. The van der Waals surface area contributed by atoms with Crippen molar-refractivity contribution in [2.45, 2.75) is 144 Å². The first-order valence-electron chi connectivity index (χ1n) is 12.8. The number of hydrogen-bond donors (Lipinski definition) is 0. The summed E-state index contributed by atoms with van der Waals surface area (Å²) >= 11 is 0. The molecule has 0 saturated carbocycles. The summed E-state index contributed by atoms with van der Waals surface area (Å²) in [6.45, 7) is 38.5. The Labute approximate surface area is 205 Å². The third-order valence-corrected chi connectivity index (χ3v) is 16.2. The minimum Gasteiger partial charge on any atom is -0.394 e. The van der Waals surface area contributed by atoms with E-state index in [1.165, 1.54) is 0 Å². The summed E-state index contributed by atoms with van der Waals surface area (Å²) in [4.78, 5) is 0. The Kier molecular flexibility index (Phi) is 14.4. The molecular weight excluding hydrogens is 432 g/mol. The molecule has 0 rings (SSSR count). The van der Waals surface area contributed by atoms with E-state index in [0.29, 0.717) is 0 Å². The predicted molar refractivity (Wildman–Crippen MR) is 146 cm³/mol. The molecule has 0 radical (unpaired) electrons. The topological polar surface area (TPSA) is 36.9 Å². The summed E-state index contributed by atoms with van der Waals surface area (Å²) in [5.74, 6) is 0. The van der Waals surface area contributed by atoms with Gasteiger partial charge in [0.25, 0.3) is 0 Å². The molecule has 0 aromatic carbocycles. The van der Waals surface area contributed by atoms with Crippen molar-refractivity contribution in [2.24, 2.45) is 0 Å². The first-order valence-corrected chi connectivity index (χ1v) is 16.4. The van der Waals surface area contributed by atoms with Gasteiger partial charge in [-0.1, -0.05) is 96.9 Å². The van der Waals surface area contributed by atoms with Gasteiger partial charge in [0.15, 0.2) is 0 Å². The average Bonchev–Trinajstić information content (AvgIpc) is 2.58. The molecule has 4 nitrogen and oxygen atoms in total. The second kappa shape index (κ2) is 13.4. The van der Waals surface area contributed by atoms with E-state index in [4.69, 9.17) is 17.7 Å². The highest BCUT2D eigenvalue weighted by atomic mass is 28.4. The molecule has 0 N–H and O–H groups in total. The van der Waals surface area contributed by atoms with Gasteiger partial charge in [-0.15, -0.1) is 0 Å². The maximum atomic E-state index is 6.33. The van der Waals surface area contributed by atoms with E-state index in [-0.39, 0.29) is 20.2 Å². The molecule has 0 atom stereocenters. The van der Waals surface area contributed by atoms with Gasteiger partial charge in [0, 0.05) is 46.6 Å². The van der Waals surface area contributed by atoms with Crippen LogP contribution in [0.1, 0.15) is 124 Å². The molecule has 0 aliphatic rings. The molecule has 32 heavy (non-hydrogen) atoms. The van der Waals surface area contributed by atoms with Gasteiger partial charge >= 0.3 is 17.1 Å². The molecule has 0 saturated heterocycles. The molecule has 0 amide bonds. The van der Waals surface area contributed by atoms with Crippen LogP contribution in [0.3, 0.4) is 0 Å². The molecule has 0 aromatic rings. The summed E-state index contributed by atoms with van der Waals surface area (Å²) in [6, 6.07) is 0. The van der Waals surface area contributed by atoms with Crippen molar-refractivity contribution in [1.29, 1.82) is 0 Å². The van der Waals surface area contributed by atoms with Crippen LogP contribution in [-0.2, 0) is 17.7 Å². The maximum absolute atomic E-state index is 6.33. The molecule has 0 unspecified atom stereocenters. The molecule has 0 aromatic heterocycles. The van der Waals surface area contributed by atoms with Gasteiger partial charge in [-0.2, -0.15) is 0 Å². The smallest absolute Gasteiger partial charge is 0.349 e.